The first-order chi connectivity index (χ1) is 21.6. The molecule has 0 bridgehead atoms. The molecule has 0 saturated heterocycles. The second-order valence-corrected chi connectivity index (χ2v) is 11.4. The number of hydrogen-bond donors (Lipinski definition) is 0. The Kier molecular flexibility index (Phi) is 6.86. The van der Waals surface area contributed by atoms with Crippen molar-refractivity contribution in [3.63, 3.8) is 0 Å². The summed E-state index contributed by atoms with van der Waals surface area (Å²) in [4.78, 5) is 27.2. The number of imidazole rings is 2. The highest BCUT2D eigenvalue weighted by atomic mass is 19.4. The van der Waals surface area contributed by atoms with Gasteiger partial charge in [-0.05, 0) is 38.3 Å². The third kappa shape index (κ3) is 5.29. The maximum Gasteiger partial charge on any atom is 0.434 e. The fraction of sp³-hybridized carbons (Fsp3) is 0.323. The van der Waals surface area contributed by atoms with Crippen molar-refractivity contribution < 1.29 is 17.9 Å². The van der Waals surface area contributed by atoms with Crippen molar-refractivity contribution in [3.05, 3.63) is 72.2 Å². The van der Waals surface area contributed by atoms with Crippen LogP contribution in [0.5, 0.6) is 5.88 Å². The fourth-order valence-corrected chi connectivity index (χ4v) is 5.41. The SMILES string of the molecule is COc1ncnc(C2CC2)c1-c1ncc2nc(-c3ccn(C)n3)n(Cc3ccc(-c4nc(C(F)(F)F)cn4C(C)C)cc3)c2n1. The summed E-state index contributed by atoms with van der Waals surface area (Å²) in [5, 5.41) is 4.58. The number of alkyl halides is 3. The summed E-state index contributed by atoms with van der Waals surface area (Å²) in [6.45, 7) is 4.01. The molecule has 1 aliphatic rings. The minimum atomic E-state index is -4.53. The summed E-state index contributed by atoms with van der Waals surface area (Å²) in [6.07, 6.45) is 3.60. The van der Waals surface area contributed by atoms with Crippen LogP contribution >= 0.6 is 0 Å². The molecule has 45 heavy (non-hydrogen) atoms. The molecule has 0 atom stereocenters. The van der Waals surface area contributed by atoms with Crippen LogP contribution in [0.1, 0.15) is 55.6 Å². The summed E-state index contributed by atoms with van der Waals surface area (Å²) in [5.41, 5.74) is 3.90. The molecule has 14 heteroatoms. The van der Waals surface area contributed by atoms with E-state index in [9.17, 15) is 13.2 Å². The standard InChI is InChI=1S/C31H29F3N10O/c1-17(2)43-15-23(31(32,33)34)39-27(43)20-7-5-18(6-8-20)14-44-28(21-11-12-42(3)41-21)38-22-13-35-26(40-29(22)44)24-25(19-9-10-19)36-16-37-30(24)45-4/h5-8,11-13,15-17,19H,9-10,14H2,1-4H3. The minimum absolute atomic E-state index is 0.204. The van der Waals surface area contributed by atoms with Crippen molar-refractivity contribution in [1.29, 1.82) is 0 Å². The Morgan fingerprint density at radius 2 is 1.76 bits per heavy atom. The summed E-state index contributed by atoms with van der Waals surface area (Å²) >= 11 is 0. The molecule has 1 aliphatic carbocycles. The van der Waals surface area contributed by atoms with Crippen molar-refractivity contribution >= 4 is 11.2 Å². The van der Waals surface area contributed by atoms with E-state index < -0.39 is 11.9 Å². The molecule has 7 rings (SSSR count). The van der Waals surface area contributed by atoms with Crippen molar-refractivity contribution in [2.24, 2.45) is 7.05 Å². The van der Waals surface area contributed by atoms with E-state index in [1.807, 2.05) is 49.9 Å². The second kappa shape index (κ2) is 10.8. The molecule has 0 radical (unpaired) electrons. The summed E-state index contributed by atoms with van der Waals surface area (Å²) in [5.74, 6) is 2.01. The lowest BCUT2D eigenvalue weighted by Crippen LogP contribution is -2.06. The van der Waals surface area contributed by atoms with Gasteiger partial charge >= 0.3 is 6.18 Å². The third-order valence-corrected chi connectivity index (χ3v) is 7.79. The number of ether oxygens (including phenoxy) is 1. The second-order valence-electron chi connectivity index (χ2n) is 11.4. The number of fused-ring (bicyclic) bond motifs is 1. The van der Waals surface area contributed by atoms with Gasteiger partial charge in [0.25, 0.3) is 0 Å². The van der Waals surface area contributed by atoms with Gasteiger partial charge in [0.15, 0.2) is 23.0 Å². The Labute approximate surface area is 255 Å². The Morgan fingerprint density at radius 1 is 0.978 bits per heavy atom. The predicted molar refractivity (Wildman–Crippen MR) is 159 cm³/mol. The molecule has 0 unspecified atom stereocenters. The molecule has 0 amide bonds. The zero-order valence-electron chi connectivity index (χ0n) is 25.0. The molecule has 11 nitrogen and oxygen atoms in total. The Morgan fingerprint density at radius 3 is 2.40 bits per heavy atom. The van der Waals surface area contributed by atoms with Crippen LogP contribution in [0.3, 0.4) is 0 Å². The molecule has 1 saturated carbocycles. The van der Waals surface area contributed by atoms with E-state index in [2.05, 4.69) is 25.0 Å². The lowest BCUT2D eigenvalue weighted by atomic mass is 10.1. The summed E-state index contributed by atoms with van der Waals surface area (Å²) in [7, 11) is 3.39. The fourth-order valence-electron chi connectivity index (χ4n) is 5.41. The average Bonchev–Trinajstić information content (AvgIpc) is 3.43. The van der Waals surface area contributed by atoms with E-state index in [-0.39, 0.29) is 11.9 Å². The number of rotatable bonds is 8. The molecule has 0 spiro atoms. The highest BCUT2D eigenvalue weighted by molar-refractivity contribution is 5.79. The average molecular weight is 615 g/mol. The lowest BCUT2D eigenvalue weighted by Gasteiger charge is -2.13. The molecule has 5 heterocycles. The Balaban J connectivity index is 1.31. The molecular formula is C31H29F3N10O. The van der Waals surface area contributed by atoms with Crippen LogP contribution in [-0.2, 0) is 19.8 Å². The number of hydrogen-bond acceptors (Lipinski definition) is 8. The third-order valence-electron chi connectivity index (χ3n) is 7.79. The summed E-state index contributed by atoms with van der Waals surface area (Å²) < 4.78 is 51.2. The molecule has 1 aromatic carbocycles. The number of methoxy groups -OCH3 is 1. The van der Waals surface area contributed by atoms with E-state index in [0.29, 0.717) is 58.0 Å². The first-order valence-electron chi connectivity index (χ1n) is 14.5. The van der Waals surface area contributed by atoms with Crippen LogP contribution in [0.15, 0.2) is 55.2 Å². The first kappa shape index (κ1) is 28.6. The van der Waals surface area contributed by atoms with Crippen LogP contribution in [0.25, 0.3) is 45.5 Å². The van der Waals surface area contributed by atoms with Gasteiger partial charge in [-0.2, -0.15) is 18.3 Å². The van der Waals surface area contributed by atoms with Crippen LogP contribution in [0, 0.1) is 0 Å². The van der Waals surface area contributed by atoms with E-state index in [1.54, 1.807) is 30.1 Å². The number of halogens is 3. The van der Waals surface area contributed by atoms with Crippen molar-refractivity contribution in [2.45, 2.75) is 51.4 Å². The van der Waals surface area contributed by atoms with Gasteiger partial charge in [0.1, 0.15) is 28.9 Å². The van der Waals surface area contributed by atoms with Crippen molar-refractivity contribution in [1.82, 2.24) is 48.8 Å². The van der Waals surface area contributed by atoms with Gasteiger partial charge < -0.3 is 13.9 Å². The van der Waals surface area contributed by atoms with Crippen molar-refractivity contribution in [3.8, 4) is 40.2 Å². The monoisotopic (exact) mass is 614 g/mol. The summed E-state index contributed by atoms with van der Waals surface area (Å²) in [6, 6.07) is 8.98. The first-order valence-corrected chi connectivity index (χ1v) is 14.5. The molecule has 230 valence electrons. The van der Waals surface area contributed by atoms with E-state index in [4.69, 9.17) is 14.7 Å². The maximum atomic E-state index is 13.5. The zero-order chi connectivity index (χ0) is 31.5. The molecule has 0 aliphatic heterocycles. The van der Waals surface area contributed by atoms with Crippen LogP contribution in [-0.4, -0.2) is 55.9 Å². The quantitative estimate of drug-likeness (QED) is 0.203. The smallest absolute Gasteiger partial charge is 0.434 e. The van der Waals surface area contributed by atoms with Gasteiger partial charge in [-0.25, -0.2) is 29.9 Å². The molecule has 0 N–H and O–H groups in total. The van der Waals surface area contributed by atoms with Crippen LogP contribution in [0.2, 0.25) is 0 Å². The predicted octanol–water partition coefficient (Wildman–Crippen LogP) is 6.08. The molecule has 6 aromatic rings. The number of aromatic nitrogens is 10. The minimum Gasteiger partial charge on any atom is -0.480 e. The molecule has 1 fully saturated rings. The van der Waals surface area contributed by atoms with Gasteiger partial charge in [-0.1, -0.05) is 24.3 Å². The topological polar surface area (TPSA) is 114 Å². The van der Waals surface area contributed by atoms with Crippen molar-refractivity contribution in [2.75, 3.05) is 7.11 Å². The van der Waals surface area contributed by atoms with Crippen LogP contribution in [0.4, 0.5) is 13.2 Å². The molecular weight excluding hydrogens is 585 g/mol. The molecule has 5 aromatic heterocycles. The number of benzene rings is 1. The van der Waals surface area contributed by atoms with Gasteiger partial charge in [0, 0.05) is 37.0 Å². The highest BCUT2D eigenvalue weighted by Gasteiger charge is 2.35. The lowest BCUT2D eigenvalue weighted by molar-refractivity contribution is -0.140. The van der Waals surface area contributed by atoms with E-state index >= 15 is 0 Å². The van der Waals surface area contributed by atoms with Crippen LogP contribution < -0.4 is 4.74 Å². The van der Waals surface area contributed by atoms with Gasteiger partial charge in [0.05, 0.1) is 25.5 Å². The Hall–Kier alpha value is -5.14. The highest BCUT2D eigenvalue weighted by Crippen LogP contribution is 2.45. The number of nitrogens with zero attached hydrogens (tertiary/aromatic N) is 10. The normalized spacial score (nSPS) is 13.7. The zero-order valence-corrected chi connectivity index (χ0v) is 25.0. The van der Waals surface area contributed by atoms with E-state index in [1.165, 1.54) is 10.9 Å². The van der Waals surface area contributed by atoms with Gasteiger partial charge in [-0.3, -0.25) is 4.68 Å². The maximum absolute atomic E-state index is 13.5. The van der Waals surface area contributed by atoms with Gasteiger partial charge in [0.2, 0.25) is 5.88 Å². The number of aryl methyl sites for hydroxylation is 1. The Bertz CT molecular complexity index is 2020. The largest absolute Gasteiger partial charge is 0.480 e. The van der Waals surface area contributed by atoms with E-state index in [0.717, 1.165) is 30.3 Å². The van der Waals surface area contributed by atoms with Gasteiger partial charge in [-0.15, -0.1) is 0 Å².